The standard InChI is InChI=1S/C17H35NO2S/c1-4-6-7-8-9-13-17(18-5-2)15-11-10-12-16(14-15)21(3,19)20/h15-18H,4-14H2,1-3H3. The highest BCUT2D eigenvalue weighted by Crippen LogP contribution is 2.32. The van der Waals surface area contributed by atoms with Crippen LogP contribution in [0.1, 0.15) is 78.1 Å². The van der Waals surface area contributed by atoms with E-state index in [1.165, 1.54) is 51.2 Å². The van der Waals surface area contributed by atoms with Gasteiger partial charge in [-0.25, -0.2) is 8.42 Å². The van der Waals surface area contributed by atoms with Crippen molar-refractivity contribution in [2.75, 3.05) is 12.8 Å². The van der Waals surface area contributed by atoms with Crippen molar-refractivity contribution in [2.45, 2.75) is 89.3 Å². The van der Waals surface area contributed by atoms with Gasteiger partial charge >= 0.3 is 0 Å². The second-order valence-corrected chi connectivity index (χ2v) is 9.07. The molecule has 0 heterocycles. The minimum atomic E-state index is -2.87. The van der Waals surface area contributed by atoms with E-state index in [2.05, 4.69) is 19.2 Å². The third kappa shape index (κ3) is 7.14. The van der Waals surface area contributed by atoms with Gasteiger partial charge in [-0.05, 0) is 38.1 Å². The number of hydrogen-bond donors (Lipinski definition) is 1. The number of hydrogen-bond acceptors (Lipinski definition) is 3. The zero-order valence-corrected chi connectivity index (χ0v) is 15.1. The molecule has 0 amide bonds. The van der Waals surface area contributed by atoms with Crippen LogP contribution in [0.5, 0.6) is 0 Å². The molecular weight excluding hydrogens is 282 g/mol. The zero-order valence-electron chi connectivity index (χ0n) is 14.2. The lowest BCUT2D eigenvalue weighted by Crippen LogP contribution is -2.41. The summed E-state index contributed by atoms with van der Waals surface area (Å²) in [4.78, 5) is 0. The first-order valence-electron chi connectivity index (χ1n) is 8.91. The molecule has 1 saturated carbocycles. The van der Waals surface area contributed by atoms with Crippen molar-refractivity contribution >= 4 is 9.84 Å². The molecule has 4 heteroatoms. The summed E-state index contributed by atoms with van der Waals surface area (Å²) in [7, 11) is -2.87. The first-order valence-corrected chi connectivity index (χ1v) is 10.9. The van der Waals surface area contributed by atoms with Gasteiger partial charge in [0.05, 0.1) is 5.25 Å². The molecule has 3 nitrogen and oxygen atoms in total. The summed E-state index contributed by atoms with van der Waals surface area (Å²) in [5.41, 5.74) is 0. The number of nitrogens with one attached hydrogen (secondary N) is 1. The van der Waals surface area contributed by atoms with Crippen molar-refractivity contribution in [3.05, 3.63) is 0 Å². The smallest absolute Gasteiger partial charge is 0.150 e. The Labute approximate surface area is 132 Å². The van der Waals surface area contributed by atoms with Gasteiger partial charge in [0.1, 0.15) is 9.84 Å². The van der Waals surface area contributed by atoms with Gasteiger partial charge in [0.2, 0.25) is 0 Å². The highest BCUT2D eigenvalue weighted by Gasteiger charge is 2.32. The lowest BCUT2D eigenvalue weighted by atomic mass is 9.81. The number of unbranched alkanes of at least 4 members (excludes halogenated alkanes) is 4. The fourth-order valence-electron chi connectivity index (χ4n) is 3.67. The van der Waals surface area contributed by atoms with Crippen LogP contribution in [0.15, 0.2) is 0 Å². The van der Waals surface area contributed by atoms with E-state index in [0.717, 1.165) is 25.8 Å². The monoisotopic (exact) mass is 317 g/mol. The van der Waals surface area contributed by atoms with E-state index in [1.807, 2.05) is 0 Å². The molecule has 1 rings (SSSR count). The Kier molecular flexibility index (Phi) is 8.88. The third-order valence-corrected chi connectivity index (χ3v) is 6.57. The molecule has 0 spiro atoms. The fraction of sp³-hybridized carbons (Fsp3) is 1.00. The molecule has 1 fully saturated rings. The van der Waals surface area contributed by atoms with Crippen LogP contribution in [0, 0.1) is 5.92 Å². The molecule has 21 heavy (non-hydrogen) atoms. The average molecular weight is 318 g/mol. The zero-order chi connectivity index (χ0) is 15.7. The summed E-state index contributed by atoms with van der Waals surface area (Å²) in [6.07, 6.45) is 13.2. The van der Waals surface area contributed by atoms with Crippen LogP contribution < -0.4 is 5.32 Å². The van der Waals surface area contributed by atoms with Gasteiger partial charge in [0.25, 0.3) is 0 Å². The Bertz CT molecular complexity index is 367. The SMILES string of the molecule is CCCCCCCC(NCC)C1CCCC(S(C)(=O)=O)C1. The molecule has 1 aliphatic carbocycles. The maximum absolute atomic E-state index is 11.8. The molecule has 0 aliphatic heterocycles. The molecule has 126 valence electrons. The van der Waals surface area contributed by atoms with Crippen LogP contribution in [0.4, 0.5) is 0 Å². The molecule has 0 saturated heterocycles. The Balaban J connectivity index is 2.46. The van der Waals surface area contributed by atoms with E-state index >= 15 is 0 Å². The van der Waals surface area contributed by atoms with Crippen LogP contribution in [0.25, 0.3) is 0 Å². The van der Waals surface area contributed by atoms with E-state index in [1.54, 1.807) is 0 Å². The van der Waals surface area contributed by atoms with Gasteiger partial charge < -0.3 is 5.32 Å². The molecule has 0 aromatic carbocycles. The van der Waals surface area contributed by atoms with Crippen molar-refractivity contribution in [1.29, 1.82) is 0 Å². The van der Waals surface area contributed by atoms with Crippen molar-refractivity contribution < 1.29 is 8.42 Å². The van der Waals surface area contributed by atoms with E-state index in [9.17, 15) is 8.42 Å². The number of rotatable bonds is 10. The topological polar surface area (TPSA) is 46.2 Å². The minimum Gasteiger partial charge on any atom is -0.314 e. The van der Waals surface area contributed by atoms with E-state index in [0.29, 0.717) is 12.0 Å². The highest BCUT2D eigenvalue weighted by molar-refractivity contribution is 7.91. The van der Waals surface area contributed by atoms with E-state index < -0.39 is 9.84 Å². The van der Waals surface area contributed by atoms with Gasteiger partial charge in [0.15, 0.2) is 0 Å². The van der Waals surface area contributed by atoms with Crippen molar-refractivity contribution in [1.82, 2.24) is 5.32 Å². The Morgan fingerprint density at radius 2 is 1.81 bits per heavy atom. The van der Waals surface area contributed by atoms with E-state index in [4.69, 9.17) is 0 Å². The highest BCUT2D eigenvalue weighted by atomic mass is 32.2. The lowest BCUT2D eigenvalue weighted by Gasteiger charge is -2.34. The van der Waals surface area contributed by atoms with Crippen molar-refractivity contribution in [3.63, 3.8) is 0 Å². The van der Waals surface area contributed by atoms with Gasteiger partial charge in [-0.15, -0.1) is 0 Å². The molecule has 3 atom stereocenters. The summed E-state index contributed by atoms with van der Waals surface area (Å²) in [5, 5.41) is 3.52. The molecule has 3 unspecified atom stereocenters. The molecule has 0 aromatic rings. The van der Waals surface area contributed by atoms with Gasteiger partial charge in [-0.1, -0.05) is 52.4 Å². The average Bonchev–Trinajstić information content (AvgIpc) is 2.45. The minimum absolute atomic E-state index is 0.0995. The van der Waals surface area contributed by atoms with Crippen molar-refractivity contribution in [3.8, 4) is 0 Å². The Morgan fingerprint density at radius 3 is 2.43 bits per heavy atom. The van der Waals surface area contributed by atoms with E-state index in [-0.39, 0.29) is 5.25 Å². The summed E-state index contributed by atoms with van der Waals surface area (Å²) >= 11 is 0. The maximum Gasteiger partial charge on any atom is 0.150 e. The largest absolute Gasteiger partial charge is 0.314 e. The summed E-state index contributed by atoms with van der Waals surface area (Å²) in [6.45, 7) is 5.38. The van der Waals surface area contributed by atoms with Gasteiger partial charge in [-0.3, -0.25) is 0 Å². The molecular formula is C17H35NO2S. The fourth-order valence-corrected chi connectivity index (χ4v) is 4.86. The lowest BCUT2D eigenvalue weighted by molar-refractivity contribution is 0.257. The second kappa shape index (κ2) is 9.83. The van der Waals surface area contributed by atoms with Gasteiger partial charge in [0, 0.05) is 12.3 Å². The predicted molar refractivity (Wildman–Crippen MR) is 91.4 cm³/mol. The molecule has 1 N–H and O–H groups in total. The van der Waals surface area contributed by atoms with Crippen LogP contribution in [0.2, 0.25) is 0 Å². The normalized spacial score (nSPS) is 24.9. The first-order chi connectivity index (χ1) is 9.99. The summed E-state index contributed by atoms with van der Waals surface area (Å²) in [5.74, 6) is 0.546. The summed E-state index contributed by atoms with van der Waals surface area (Å²) in [6, 6.07) is 0.515. The summed E-state index contributed by atoms with van der Waals surface area (Å²) < 4.78 is 23.6. The van der Waals surface area contributed by atoms with Crippen LogP contribution in [-0.4, -0.2) is 32.5 Å². The quantitative estimate of drug-likeness (QED) is 0.621. The Morgan fingerprint density at radius 1 is 1.10 bits per heavy atom. The van der Waals surface area contributed by atoms with Crippen LogP contribution in [0.3, 0.4) is 0 Å². The first kappa shape index (κ1) is 19.0. The van der Waals surface area contributed by atoms with Gasteiger partial charge in [-0.2, -0.15) is 0 Å². The molecule has 1 aliphatic rings. The van der Waals surface area contributed by atoms with Crippen molar-refractivity contribution in [2.24, 2.45) is 5.92 Å². The second-order valence-electron chi connectivity index (χ2n) is 6.75. The Hall–Kier alpha value is -0.0900. The third-order valence-electron chi connectivity index (χ3n) is 4.93. The molecule has 0 aromatic heterocycles. The number of sulfone groups is 1. The van der Waals surface area contributed by atoms with Crippen LogP contribution in [-0.2, 0) is 9.84 Å². The molecule has 0 radical (unpaired) electrons. The maximum atomic E-state index is 11.8. The van der Waals surface area contributed by atoms with Crippen LogP contribution >= 0.6 is 0 Å². The molecule has 0 bridgehead atoms. The predicted octanol–water partition coefficient (Wildman–Crippen LogP) is 3.93.